The molecule has 10 atom stereocenters. The van der Waals surface area contributed by atoms with Gasteiger partial charge in [-0.1, -0.05) is 0 Å². The van der Waals surface area contributed by atoms with E-state index in [-0.39, 0.29) is 28.2 Å². The van der Waals surface area contributed by atoms with E-state index in [2.05, 4.69) is 0 Å². The number of fused-ring (bicyclic) bond motifs is 1. The van der Waals surface area contributed by atoms with Gasteiger partial charge in [-0.05, 0) is 31.2 Å². The molecule has 3 aromatic rings. The summed E-state index contributed by atoms with van der Waals surface area (Å²) in [5.74, 6) is -0.498. The first-order valence-electron chi connectivity index (χ1n) is 12.7. The fourth-order valence-electron chi connectivity index (χ4n) is 4.79. The molecule has 1 aromatic heterocycles. The average Bonchev–Trinajstić information content (AvgIpc) is 2.94. The van der Waals surface area contributed by atoms with Gasteiger partial charge in [0.05, 0.1) is 12.7 Å². The third-order valence-electron chi connectivity index (χ3n) is 7.11. The zero-order valence-electron chi connectivity index (χ0n) is 21.5. The summed E-state index contributed by atoms with van der Waals surface area (Å²) in [6, 6.07) is 9.38. The van der Waals surface area contributed by atoms with Crippen LogP contribution >= 0.6 is 0 Å². The van der Waals surface area contributed by atoms with Gasteiger partial charge in [-0.25, -0.2) is 0 Å². The van der Waals surface area contributed by atoms with Crippen LogP contribution in [0.15, 0.2) is 51.7 Å². The zero-order valence-corrected chi connectivity index (χ0v) is 21.5. The van der Waals surface area contributed by atoms with E-state index >= 15 is 0 Å². The molecule has 3 heterocycles. The van der Waals surface area contributed by atoms with Gasteiger partial charge in [0.25, 0.3) is 0 Å². The molecular weight excluding hydrogens is 548 g/mol. The number of hydrogen-bond acceptors (Lipinski definition) is 14. The predicted molar refractivity (Wildman–Crippen MR) is 137 cm³/mol. The SMILES string of the molecule is CC1OC(OC2C(Oc3cc(O)c4c(=O)cc(-c5ccc(O)cc5)oc4c3)OC(CO)C(O)C2O)C(O)C(O)C1O. The Kier molecular flexibility index (Phi) is 8.20. The molecule has 10 unspecified atom stereocenters. The van der Waals surface area contributed by atoms with E-state index in [1.165, 1.54) is 43.3 Å². The molecular formula is C27H30O14. The minimum absolute atomic E-state index is 0.00857. The van der Waals surface area contributed by atoms with Gasteiger partial charge in [-0.15, -0.1) is 0 Å². The van der Waals surface area contributed by atoms with Crippen molar-refractivity contribution in [3.8, 4) is 28.6 Å². The van der Waals surface area contributed by atoms with Crippen molar-refractivity contribution in [3.63, 3.8) is 0 Å². The summed E-state index contributed by atoms with van der Waals surface area (Å²) in [7, 11) is 0. The molecule has 2 aromatic carbocycles. The lowest BCUT2D eigenvalue weighted by Gasteiger charge is -2.45. The van der Waals surface area contributed by atoms with E-state index in [0.29, 0.717) is 5.56 Å². The Hall–Kier alpha value is -3.31. The second-order valence-corrected chi connectivity index (χ2v) is 9.94. The standard InChI is InChI=1S/C27H30O14/c1-10-20(32)22(34)24(36)26(37-10)41-25-23(35)21(33)18(9-28)40-27(25)38-13-6-14(30)19-15(31)8-16(39-17(19)7-13)11-2-4-12(29)5-3-11/h2-8,10,18,20-30,32-36H,9H2,1H3. The molecule has 2 saturated heterocycles. The van der Waals surface area contributed by atoms with Crippen LogP contribution in [0.4, 0.5) is 0 Å². The molecule has 2 aliphatic rings. The van der Waals surface area contributed by atoms with E-state index in [1.54, 1.807) is 0 Å². The maximum atomic E-state index is 12.8. The van der Waals surface area contributed by atoms with Crippen molar-refractivity contribution in [1.29, 1.82) is 0 Å². The highest BCUT2D eigenvalue weighted by molar-refractivity contribution is 5.86. The number of rotatable bonds is 6. The van der Waals surface area contributed by atoms with Gasteiger partial charge in [0.2, 0.25) is 6.29 Å². The highest BCUT2D eigenvalue weighted by Crippen LogP contribution is 2.35. The van der Waals surface area contributed by atoms with E-state index in [1.807, 2.05) is 0 Å². The van der Waals surface area contributed by atoms with Crippen LogP contribution in [0.3, 0.4) is 0 Å². The van der Waals surface area contributed by atoms with E-state index in [9.17, 15) is 45.6 Å². The third-order valence-corrected chi connectivity index (χ3v) is 7.11. The molecule has 41 heavy (non-hydrogen) atoms. The second-order valence-electron chi connectivity index (χ2n) is 9.94. The molecule has 2 aliphatic heterocycles. The number of aromatic hydroxyl groups is 2. The Bertz CT molecular complexity index is 1420. The fraction of sp³-hybridized carbons (Fsp3) is 0.444. The van der Waals surface area contributed by atoms with Gasteiger partial charge in [0, 0.05) is 23.8 Å². The number of aliphatic hydroxyl groups is 6. The van der Waals surface area contributed by atoms with E-state index in [0.717, 1.165) is 6.07 Å². The Morgan fingerprint density at radius 2 is 1.54 bits per heavy atom. The highest BCUT2D eigenvalue weighted by Gasteiger charge is 2.50. The summed E-state index contributed by atoms with van der Waals surface area (Å²) in [6.45, 7) is 0.704. The maximum absolute atomic E-state index is 12.8. The molecule has 0 radical (unpaired) electrons. The van der Waals surface area contributed by atoms with Crippen molar-refractivity contribution in [3.05, 3.63) is 52.7 Å². The minimum Gasteiger partial charge on any atom is -0.508 e. The zero-order chi connectivity index (χ0) is 29.6. The summed E-state index contributed by atoms with van der Waals surface area (Å²) >= 11 is 0. The monoisotopic (exact) mass is 578 g/mol. The lowest BCUT2D eigenvalue weighted by Crippen LogP contribution is -2.64. The molecule has 2 fully saturated rings. The second kappa shape index (κ2) is 11.5. The van der Waals surface area contributed by atoms with Crippen molar-refractivity contribution in [1.82, 2.24) is 0 Å². The van der Waals surface area contributed by atoms with Gasteiger partial charge in [-0.3, -0.25) is 4.79 Å². The minimum atomic E-state index is -1.76. The molecule has 0 amide bonds. The summed E-state index contributed by atoms with van der Waals surface area (Å²) in [5, 5.41) is 81.4. The summed E-state index contributed by atoms with van der Waals surface area (Å²) < 4.78 is 28.4. The van der Waals surface area contributed by atoms with Crippen LogP contribution < -0.4 is 10.2 Å². The quantitative estimate of drug-likeness (QED) is 0.174. The number of benzene rings is 2. The van der Waals surface area contributed by atoms with Crippen molar-refractivity contribution >= 4 is 11.0 Å². The van der Waals surface area contributed by atoms with Gasteiger partial charge >= 0.3 is 0 Å². The van der Waals surface area contributed by atoms with Crippen molar-refractivity contribution in [2.75, 3.05) is 6.61 Å². The number of phenolic OH excluding ortho intramolecular Hbond substituents is 2. The van der Waals surface area contributed by atoms with Crippen LogP contribution in [0.25, 0.3) is 22.3 Å². The highest BCUT2D eigenvalue weighted by atomic mass is 16.8. The van der Waals surface area contributed by atoms with Gasteiger partial charge in [-0.2, -0.15) is 0 Å². The Morgan fingerprint density at radius 3 is 2.22 bits per heavy atom. The lowest BCUT2D eigenvalue weighted by molar-refractivity contribution is -0.354. The molecule has 0 saturated carbocycles. The summed E-state index contributed by atoms with van der Waals surface area (Å²) in [5.41, 5.74) is -0.182. The molecule has 0 aliphatic carbocycles. The van der Waals surface area contributed by atoms with Crippen molar-refractivity contribution in [2.45, 2.75) is 68.3 Å². The number of aliphatic hydroxyl groups excluding tert-OH is 6. The van der Waals surface area contributed by atoms with Gasteiger partial charge in [0.1, 0.15) is 70.6 Å². The van der Waals surface area contributed by atoms with Gasteiger partial charge in [0.15, 0.2) is 17.8 Å². The molecule has 14 nitrogen and oxygen atoms in total. The number of ether oxygens (including phenoxy) is 4. The number of hydrogen-bond donors (Lipinski definition) is 8. The smallest absolute Gasteiger partial charge is 0.229 e. The molecule has 14 heteroatoms. The topological polar surface area (TPSA) is 229 Å². The molecule has 222 valence electrons. The van der Waals surface area contributed by atoms with Crippen LogP contribution in [-0.4, -0.2) is 109 Å². The maximum Gasteiger partial charge on any atom is 0.229 e. The van der Waals surface area contributed by atoms with E-state index < -0.39 is 79.2 Å². The molecule has 0 bridgehead atoms. The summed E-state index contributed by atoms with van der Waals surface area (Å²) in [6.07, 6.45) is -15.3. The van der Waals surface area contributed by atoms with Crippen LogP contribution in [0.2, 0.25) is 0 Å². The first kappa shape index (κ1) is 29.2. The van der Waals surface area contributed by atoms with Crippen LogP contribution in [0, 0.1) is 0 Å². The normalized spacial score (nSPS) is 34.0. The fourth-order valence-corrected chi connectivity index (χ4v) is 4.79. The third kappa shape index (κ3) is 5.61. The van der Waals surface area contributed by atoms with Crippen LogP contribution in [0.1, 0.15) is 6.92 Å². The van der Waals surface area contributed by atoms with Crippen LogP contribution in [-0.2, 0) is 14.2 Å². The van der Waals surface area contributed by atoms with Crippen LogP contribution in [0.5, 0.6) is 17.2 Å². The molecule has 0 spiro atoms. The largest absolute Gasteiger partial charge is 0.508 e. The molecule has 8 N–H and O–H groups in total. The Labute approximate surface area is 231 Å². The van der Waals surface area contributed by atoms with E-state index in [4.69, 9.17) is 23.4 Å². The average molecular weight is 579 g/mol. The van der Waals surface area contributed by atoms with Crippen molar-refractivity contribution in [2.24, 2.45) is 0 Å². The van der Waals surface area contributed by atoms with Crippen molar-refractivity contribution < 1.29 is 64.2 Å². The number of phenols is 2. The first-order valence-corrected chi connectivity index (χ1v) is 12.7. The Balaban J connectivity index is 1.47. The van der Waals surface area contributed by atoms with Gasteiger partial charge < -0.3 is 64.2 Å². The lowest BCUT2D eigenvalue weighted by atomic mass is 9.97. The first-order chi connectivity index (χ1) is 19.5. The summed E-state index contributed by atoms with van der Waals surface area (Å²) in [4.78, 5) is 12.8. The Morgan fingerprint density at radius 1 is 0.829 bits per heavy atom. The predicted octanol–water partition coefficient (Wildman–Crippen LogP) is -1.10. The molecule has 5 rings (SSSR count).